The molecule has 0 bridgehead atoms. The van der Waals surface area contributed by atoms with Crippen LogP contribution >= 0.6 is 0 Å². The van der Waals surface area contributed by atoms with Crippen molar-refractivity contribution in [1.82, 2.24) is 15.6 Å². The van der Waals surface area contributed by atoms with Gasteiger partial charge >= 0.3 is 5.97 Å². The Morgan fingerprint density at radius 3 is 1.80 bits per heavy atom. The van der Waals surface area contributed by atoms with Crippen molar-refractivity contribution in [2.24, 2.45) is 38.7 Å². The predicted molar refractivity (Wildman–Crippen MR) is 202 cm³/mol. The van der Waals surface area contributed by atoms with Crippen LogP contribution in [0.4, 0.5) is 0 Å². The highest BCUT2D eigenvalue weighted by atomic mass is 16.5. The first kappa shape index (κ1) is 41.8. The molecule has 14 heteroatoms. The fourth-order valence-corrected chi connectivity index (χ4v) is 5.74. The van der Waals surface area contributed by atoms with E-state index in [1.807, 2.05) is 0 Å². The molecule has 1 unspecified atom stereocenters. The van der Waals surface area contributed by atoms with E-state index in [9.17, 15) is 14.4 Å². The van der Waals surface area contributed by atoms with Crippen molar-refractivity contribution in [3.8, 4) is 0 Å². The zero-order chi connectivity index (χ0) is 38.2. The van der Waals surface area contributed by atoms with Gasteiger partial charge in [0.15, 0.2) is 11.9 Å². The van der Waals surface area contributed by atoms with Gasteiger partial charge in [0.1, 0.15) is 12.1 Å². The number of hydrogen-bond donors (Lipinski definition) is 8. The summed E-state index contributed by atoms with van der Waals surface area (Å²) in [5, 5.41) is 6.69. The average molecular weight is 699 g/mol. The van der Waals surface area contributed by atoms with Crippen molar-refractivity contribution in [1.29, 1.82) is 0 Å². The quantitative estimate of drug-likeness (QED) is 0.0586. The van der Waals surface area contributed by atoms with E-state index in [0.29, 0.717) is 19.4 Å². The Kier molecular flexibility index (Phi) is 14.3. The minimum atomic E-state index is -1.09. The molecule has 0 aliphatic rings. The number of fused-ring (bicyclic) bond motifs is 1. The number of esters is 1. The van der Waals surface area contributed by atoms with E-state index in [1.165, 1.54) is 7.11 Å². The summed E-state index contributed by atoms with van der Waals surface area (Å²) in [5.74, 6) is -1.81. The van der Waals surface area contributed by atoms with Gasteiger partial charge in [0.05, 0.1) is 13.2 Å². The molecular formula is C36H62N10O4. The fourth-order valence-electron chi connectivity index (χ4n) is 5.74. The molecule has 0 aliphatic heterocycles. The molecule has 0 aliphatic carbocycles. The van der Waals surface area contributed by atoms with E-state index < -0.39 is 35.9 Å². The largest absolute Gasteiger partial charge is 0.467 e. The number of nitrogens with two attached hydrogens (primary N) is 5. The smallest absolute Gasteiger partial charge is 0.328 e. The Labute approximate surface area is 297 Å². The van der Waals surface area contributed by atoms with Crippen LogP contribution in [0, 0.1) is 0 Å². The number of carbonyl (C=O) groups is 3. The molecule has 1 heterocycles. The lowest BCUT2D eigenvalue weighted by atomic mass is 9.78. The molecule has 0 radical (unpaired) electrons. The first-order chi connectivity index (χ1) is 23.0. The molecule has 50 heavy (non-hydrogen) atoms. The standard InChI is InChI=1S/C36H62N10O4/c1-34(2,3)20-17-21-22(28(36(7,8)9)46-27(21)23(18-20)35(4,5)6)19-26(45-29(47)24(37)13-11-15-42-32(38)39)30(48)44-25(31(49)50-10)14-12-16-43-33(40)41/h17-18,24-26,46H,11-16,19,37H2,1-10H3,(H,44,48)(H,45,47)(H4,38,39,42)(H4,40,41,43)/t24-,25-,26?/m0/s1. The average Bonchev–Trinajstić information content (AvgIpc) is 3.36. The molecule has 13 N–H and O–H groups in total. The number of methoxy groups -OCH3 is 1. The van der Waals surface area contributed by atoms with Gasteiger partial charge in [-0.2, -0.15) is 0 Å². The minimum Gasteiger partial charge on any atom is -0.467 e. The van der Waals surface area contributed by atoms with E-state index in [4.69, 9.17) is 33.4 Å². The van der Waals surface area contributed by atoms with Gasteiger partial charge < -0.3 is 49.0 Å². The molecule has 14 nitrogen and oxygen atoms in total. The molecule has 2 aromatic rings. The second-order valence-electron chi connectivity index (χ2n) is 16.0. The number of carbonyl (C=O) groups excluding carboxylic acids is 3. The van der Waals surface area contributed by atoms with Crippen molar-refractivity contribution in [2.45, 2.75) is 129 Å². The van der Waals surface area contributed by atoms with Crippen LogP contribution in [0.5, 0.6) is 0 Å². The van der Waals surface area contributed by atoms with Crippen molar-refractivity contribution in [3.05, 3.63) is 34.5 Å². The van der Waals surface area contributed by atoms with Crippen molar-refractivity contribution < 1.29 is 19.1 Å². The number of rotatable bonds is 15. The normalized spacial score (nSPS) is 14.0. The number of hydrogen-bond acceptors (Lipinski definition) is 7. The number of H-pyrrole nitrogens is 1. The maximum atomic E-state index is 14.2. The summed E-state index contributed by atoms with van der Waals surface area (Å²) in [7, 11) is 1.25. The number of ether oxygens (including phenoxy) is 1. The molecule has 0 saturated carbocycles. The molecule has 1 aromatic heterocycles. The number of amides is 2. The maximum Gasteiger partial charge on any atom is 0.328 e. The summed E-state index contributed by atoms with van der Waals surface area (Å²) < 4.78 is 5.00. The lowest BCUT2D eigenvalue weighted by Crippen LogP contribution is -2.55. The Hall–Kier alpha value is -4.33. The monoisotopic (exact) mass is 698 g/mol. The van der Waals surface area contributed by atoms with Crippen LogP contribution in [0.3, 0.4) is 0 Å². The third-order valence-electron chi connectivity index (χ3n) is 8.53. The molecule has 1 aromatic carbocycles. The van der Waals surface area contributed by atoms with Crippen LogP contribution in [0.1, 0.15) is 110 Å². The van der Waals surface area contributed by atoms with Gasteiger partial charge in [-0.25, -0.2) is 4.79 Å². The third kappa shape index (κ3) is 11.9. The molecule has 2 rings (SSSR count). The summed E-state index contributed by atoms with van der Waals surface area (Å²) in [6.45, 7) is 19.9. The van der Waals surface area contributed by atoms with E-state index >= 15 is 0 Å². The van der Waals surface area contributed by atoms with Crippen LogP contribution in [0.2, 0.25) is 0 Å². The van der Waals surface area contributed by atoms with Crippen LogP contribution in [-0.4, -0.2) is 73.0 Å². The number of aromatic amines is 1. The molecule has 0 fully saturated rings. The second-order valence-corrected chi connectivity index (χ2v) is 16.0. The minimum absolute atomic E-state index is 0.0455. The molecular weight excluding hydrogens is 636 g/mol. The summed E-state index contributed by atoms with van der Waals surface area (Å²) in [6.07, 6.45) is 1.49. The maximum absolute atomic E-state index is 14.2. The van der Waals surface area contributed by atoms with E-state index in [-0.39, 0.29) is 54.0 Å². The first-order valence-electron chi connectivity index (χ1n) is 17.2. The highest BCUT2D eigenvalue weighted by Crippen LogP contribution is 2.40. The summed E-state index contributed by atoms with van der Waals surface area (Å²) in [6, 6.07) is 1.41. The second kappa shape index (κ2) is 17.1. The summed E-state index contributed by atoms with van der Waals surface area (Å²) in [4.78, 5) is 52.2. The van der Waals surface area contributed by atoms with Gasteiger partial charge in [-0.1, -0.05) is 68.4 Å². The van der Waals surface area contributed by atoms with Gasteiger partial charge in [-0.15, -0.1) is 0 Å². The Balaban J connectivity index is 2.69. The summed E-state index contributed by atoms with van der Waals surface area (Å²) >= 11 is 0. The fraction of sp³-hybridized carbons (Fsp3) is 0.639. The van der Waals surface area contributed by atoms with Crippen molar-refractivity contribution in [3.63, 3.8) is 0 Å². The van der Waals surface area contributed by atoms with Gasteiger partial charge in [0.2, 0.25) is 11.8 Å². The zero-order valence-electron chi connectivity index (χ0n) is 31.8. The molecule has 2 amide bonds. The van der Waals surface area contributed by atoms with Crippen LogP contribution in [0.25, 0.3) is 10.9 Å². The Bertz CT molecular complexity index is 1550. The SMILES string of the molecule is COC(=O)[C@H](CCCN=C(N)N)NC(=O)C(Cc1c(C(C)(C)C)[nH]c2c(C(C)(C)C)cc(C(C)(C)C)cc12)NC(=O)[C@@H](N)CCCN=C(N)N. The van der Waals surface area contributed by atoms with Crippen LogP contribution in [0.15, 0.2) is 22.1 Å². The number of benzene rings is 1. The highest BCUT2D eigenvalue weighted by molar-refractivity contribution is 5.94. The summed E-state index contributed by atoms with van der Waals surface area (Å²) in [5.41, 5.74) is 32.4. The lowest BCUT2D eigenvalue weighted by molar-refractivity contribution is -0.145. The van der Waals surface area contributed by atoms with E-state index in [2.05, 4.69) is 100 Å². The molecule has 3 atom stereocenters. The number of aromatic nitrogens is 1. The number of guanidine groups is 2. The highest BCUT2D eigenvalue weighted by Gasteiger charge is 2.34. The van der Waals surface area contributed by atoms with Crippen molar-refractivity contribution >= 4 is 40.6 Å². The predicted octanol–water partition coefficient (Wildman–Crippen LogP) is 2.18. The van der Waals surface area contributed by atoms with E-state index in [1.54, 1.807) is 0 Å². The first-order valence-corrected chi connectivity index (χ1v) is 17.2. The van der Waals surface area contributed by atoms with Gasteiger partial charge in [-0.3, -0.25) is 19.6 Å². The van der Waals surface area contributed by atoms with Crippen molar-refractivity contribution in [2.75, 3.05) is 20.2 Å². The topological polar surface area (TPSA) is 255 Å². The Morgan fingerprint density at radius 1 is 0.780 bits per heavy atom. The number of nitrogens with zero attached hydrogens (tertiary/aromatic N) is 2. The number of aliphatic imine (C=N–C) groups is 2. The molecule has 0 saturated heterocycles. The Morgan fingerprint density at radius 2 is 1.32 bits per heavy atom. The zero-order valence-corrected chi connectivity index (χ0v) is 31.8. The van der Waals surface area contributed by atoms with Crippen LogP contribution in [-0.2, 0) is 41.8 Å². The lowest BCUT2D eigenvalue weighted by Gasteiger charge is -2.27. The van der Waals surface area contributed by atoms with Gasteiger partial charge in [0, 0.05) is 41.5 Å². The van der Waals surface area contributed by atoms with Gasteiger partial charge in [0.25, 0.3) is 0 Å². The molecule has 280 valence electrons. The van der Waals surface area contributed by atoms with E-state index in [0.717, 1.165) is 33.3 Å². The molecule has 0 spiro atoms. The number of nitrogens with one attached hydrogen (secondary N) is 3. The van der Waals surface area contributed by atoms with Crippen LogP contribution < -0.4 is 39.3 Å². The van der Waals surface area contributed by atoms with Gasteiger partial charge in [-0.05, 0) is 59.3 Å². The third-order valence-corrected chi connectivity index (χ3v) is 8.53.